The lowest BCUT2D eigenvalue weighted by atomic mass is 10.1. The first kappa shape index (κ1) is 12.5. The summed E-state index contributed by atoms with van der Waals surface area (Å²) in [4.78, 5) is 0. The molecule has 0 saturated carbocycles. The van der Waals surface area contributed by atoms with Crippen LogP contribution in [0, 0.1) is 5.82 Å². The van der Waals surface area contributed by atoms with Crippen molar-refractivity contribution in [2.45, 2.75) is 12.4 Å². The van der Waals surface area contributed by atoms with E-state index in [2.05, 4.69) is 11.3 Å². The van der Waals surface area contributed by atoms with Gasteiger partial charge in [0.15, 0.2) is 11.6 Å². The van der Waals surface area contributed by atoms with Crippen LogP contribution in [0.5, 0.6) is 5.75 Å². The van der Waals surface area contributed by atoms with Gasteiger partial charge in [-0.05, 0) is 17.7 Å². The molecule has 0 radical (unpaired) electrons. The van der Waals surface area contributed by atoms with E-state index in [4.69, 9.17) is 5.73 Å². The highest BCUT2D eigenvalue weighted by molar-refractivity contribution is 5.32. The fourth-order valence-corrected chi connectivity index (χ4v) is 1.07. The van der Waals surface area contributed by atoms with E-state index >= 15 is 0 Å². The Hall–Kier alpha value is -1.56. The van der Waals surface area contributed by atoms with Gasteiger partial charge in [0, 0.05) is 6.04 Å². The Morgan fingerprint density at radius 2 is 2.00 bits per heavy atom. The molecule has 0 amide bonds. The molecule has 0 aliphatic heterocycles. The van der Waals surface area contributed by atoms with E-state index in [0.29, 0.717) is 5.56 Å². The van der Waals surface area contributed by atoms with Gasteiger partial charge in [0.25, 0.3) is 0 Å². The third-order valence-corrected chi connectivity index (χ3v) is 1.82. The van der Waals surface area contributed by atoms with Crippen molar-refractivity contribution in [2.24, 2.45) is 5.73 Å². The Bertz CT molecular complexity index is 389. The lowest BCUT2D eigenvalue weighted by Crippen LogP contribution is -2.18. The number of ether oxygens (including phenoxy) is 1. The fraction of sp³-hybridized carbons (Fsp3) is 0.200. The molecule has 0 saturated heterocycles. The molecule has 0 unspecified atom stereocenters. The van der Waals surface area contributed by atoms with Crippen molar-refractivity contribution in [3.63, 3.8) is 0 Å². The fourth-order valence-electron chi connectivity index (χ4n) is 1.07. The van der Waals surface area contributed by atoms with Gasteiger partial charge >= 0.3 is 6.36 Å². The van der Waals surface area contributed by atoms with Crippen molar-refractivity contribution in [1.29, 1.82) is 0 Å². The van der Waals surface area contributed by atoms with Crippen LogP contribution in [-0.4, -0.2) is 6.36 Å². The van der Waals surface area contributed by atoms with Crippen LogP contribution in [0.4, 0.5) is 17.6 Å². The van der Waals surface area contributed by atoms with Gasteiger partial charge in [-0.1, -0.05) is 12.1 Å². The topological polar surface area (TPSA) is 35.2 Å². The molecule has 1 atom stereocenters. The first-order valence-electron chi connectivity index (χ1n) is 4.27. The first-order chi connectivity index (χ1) is 7.33. The maximum Gasteiger partial charge on any atom is 0.573 e. The molecule has 0 aliphatic rings. The normalized spacial score (nSPS) is 13.3. The maximum absolute atomic E-state index is 13.2. The van der Waals surface area contributed by atoms with Crippen LogP contribution in [-0.2, 0) is 0 Å². The quantitative estimate of drug-likeness (QED) is 0.645. The molecular weight excluding hydrogens is 226 g/mol. The third kappa shape index (κ3) is 3.23. The summed E-state index contributed by atoms with van der Waals surface area (Å²) in [6.45, 7) is 3.39. The van der Waals surface area contributed by atoms with Gasteiger partial charge in [-0.15, -0.1) is 19.8 Å². The van der Waals surface area contributed by atoms with Crippen LogP contribution in [0.3, 0.4) is 0 Å². The number of benzene rings is 1. The Kier molecular flexibility index (Phi) is 3.54. The van der Waals surface area contributed by atoms with Crippen LogP contribution in [0.2, 0.25) is 0 Å². The van der Waals surface area contributed by atoms with Crippen molar-refractivity contribution >= 4 is 0 Å². The molecule has 0 heterocycles. The van der Waals surface area contributed by atoms with E-state index in [0.717, 1.165) is 12.1 Å². The van der Waals surface area contributed by atoms with Gasteiger partial charge in [-0.25, -0.2) is 4.39 Å². The summed E-state index contributed by atoms with van der Waals surface area (Å²) in [6, 6.07) is 2.38. The highest BCUT2D eigenvalue weighted by Gasteiger charge is 2.32. The molecule has 1 aromatic rings. The molecule has 6 heteroatoms. The SMILES string of the molecule is C=C[C@@H](N)c1ccc(OC(F)(F)F)c(F)c1. The predicted octanol–water partition coefficient (Wildman–Crippen LogP) is 2.91. The molecule has 0 fully saturated rings. The number of halogens is 4. The van der Waals surface area contributed by atoms with Crippen molar-refractivity contribution < 1.29 is 22.3 Å². The third-order valence-electron chi connectivity index (χ3n) is 1.82. The molecule has 2 N–H and O–H groups in total. The summed E-state index contributed by atoms with van der Waals surface area (Å²) >= 11 is 0. The summed E-state index contributed by atoms with van der Waals surface area (Å²) in [7, 11) is 0. The van der Waals surface area contributed by atoms with Crippen molar-refractivity contribution in [3.8, 4) is 5.75 Å². The number of hydrogen-bond donors (Lipinski definition) is 1. The second-order valence-corrected chi connectivity index (χ2v) is 3.00. The molecule has 2 nitrogen and oxygen atoms in total. The van der Waals surface area contributed by atoms with Gasteiger partial charge in [0.1, 0.15) is 0 Å². The van der Waals surface area contributed by atoms with E-state index < -0.39 is 24.0 Å². The molecule has 0 bridgehead atoms. The van der Waals surface area contributed by atoms with E-state index in [9.17, 15) is 17.6 Å². The molecule has 1 rings (SSSR count). The van der Waals surface area contributed by atoms with Gasteiger partial charge in [0.2, 0.25) is 0 Å². The number of alkyl halides is 3. The predicted molar refractivity (Wildman–Crippen MR) is 50.2 cm³/mol. The minimum Gasteiger partial charge on any atom is -0.403 e. The monoisotopic (exact) mass is 235 g/mol. The molecule has 0 spiro atoms. The Morgan fingerprint density at radius 3 is 2.44 bits per heavy atom. The molecule has 16 heavy (non-hydrogen) atoms. The molecule has 0 aliphatic carbocycles. The van der Waals surface area contributed by atoms with E-state index in [-0.39, 0.29) is 0 Å². The number of nitrogens with two attached hydrogens (primary N) is 1. The van der Waals surface area contributed by atoms with Crippen LogP contribution in [0.1, 0.15) is 11.6 Å². The highest BCUT2D eigenvalue weighted by Crippen LogP contribution is 2.27. The van der Waals surface area contributed by atoms with Crippen molar-refractivity contribution in [1.82, 2.24) is 0 Å². The molecule has 0 aromatic heterocycles. The van der Waals surface area contributed by atoms with Gasteiger partial charge < -0.3 is 10.5 Å². The lowest BCUT2D eigenvalue weighted by molar-refractivity contribution is -0.275. The minimum atomic E-state index is -4.91. The number of hydrogen-bond acceptors (Lipinski definition) is 2. The average Bonchev–Trinajstić information content (AvgIpc) is 2.18. The maximum atomic E-state index is 13.2. The zero-order chi connectivity index (χ0) is 12.3. The molecular formula is C10H9F4NO. The van der Waals surface area contributed by atoms with E-state index in [1.165, 1.54) is 12.1 Å². The second-order valence-electron chi connectivity index (χ2n) is 3.00. The largest absolute Gasteiger partial charge is 0.573 e. The average molecular weight is 235 g/mol. The second kappa shape index (κ2) is 4.52. The molecule has 88 valence electrons. The Balaban J connectivity index is 2.96. The van der Waals surface area contributed by atoms with Crippen molar-refractivity contribution in [3.05, 3.63) is 42.2 Å². The van der Waals surface area contributed by atoms with E-state index in [1.54, 1.807) is 0 Å². The van der Waals surface area contributed by atoms with Gasteiger partial charge in [0.05, 0.1) is 0 Å². The van der Waals surface area contributed by atoms with Gasteiger partial charge in [-0.2, -0.15) is 0 Å². The number of rotatable bonds is 3. The van der Waals surface area contributed by atoms with E-state index in [1.807, 2.05) is 0 Å². The minimum absolute atomic E-state index is 0.321. The first-order valence-corrected chi connectivity index (χ1v) is 4.27. The zero-order valence-corrected chi connectivity index (χ0v) is 8.09. The van der Waals surface area contributed by atoms with Crippen LogP contribution < -0.4 is 10.5 Å². The summed E-state index contributed by atoms with van der Waals surface area (Å²) in [5.41, 5.74) is 5.81. The zero-order valence-electron chi connectivity index (χ0n) is 8.09. The smallest absolute Gasteiger partial charge is 0.403 e. The summed E-state index contributed by atoms with van der Waals surface area (Å²) in [6.07, 6.45) is -3.57. The summed E-state index contributed by atoms with van der Waals surface area (Å²) in [5, 5.41) is 0. The van der Waals surface area contributed by atoms with Gasteiger partial charge in [-0.3, -0.25) is 0 Å². The summed E-state index contributed by atoms with van der Waals surface area (Å²) < 4.78 is 52.1. The highest BCUT2D eigenvalue weighted by atomic mass is 19.4. The van der Waals surface area contributed by atoms with Crippen molar-refractivity contribution in [2.75, 3.05) is 0 Å². The van der Waals surface area contributed by atoms with Crippen LogP contribution in [0.15, 0.2) is 30.9 Å². The Labute approximate surface area is 89.3 Å². The summed E-state index contributed by atoms with van der Waals surface area (Å²) in [5.74, 6) is -2.00. The van der Waals surface area contributed by atoms with Crippen LogP contribution >= 0.6 is 0 Å². The molecule has 1 aromatic carbocycles. The Morgan fingerprint density at radius 1 is 1.38 bits per heavy atom. The lowest BCUT2D eigenvalue weighted by Gasteiger charge is -2.12. The van der Waals surface area contributed by atoms with Crippen LogP contribution in [0.25, 0.3) is 0 Å². The standard InChI is InChI=1S/C10H9F4NO/c1-2-8(15)6-3-4-9(7(11)5-6)16-10(12,13)14/h2-5,8H,1,15H2/t8-/m1/s1.